The Morgan fingerprint density at radius 1 is 1.39 bits per heavy atom. The summed E-state index contributed by atoms with van der Waals surface area (Å²) in [6.45, 7) is 0.315. The number of hydrogen-bond acceptors (Lipinski definition) is 5. The third-order valence-electron chi connectivity index (χ3n) is 1.78. The van der Waals surface area contributed by atoms with Gasteiger partial charge in [-0.3, -0.25) is 4.79 Å². The first-order valence-electron chi connectivity index (χ1n) is 4.84. The van der Waals surface area contributed by atoms with Crippen molar-refractivity contribution in [2.45, 2.75) is 0 Å². The monoisotopic (exact) mass is 294 g/mol. The number of halogens is 1. The topological polar surface area (TPSA) is 114 Å². The highest BCUT2D eigenvalue weighted by Crippen LogP contribution is 1.99. The van der Waals surface area contributed by atoms with Crippen LogP contribution in [-0.2, 0) is 10.0 Å². The highest BCUT2D eigenvalue weighted by Gasteiger charge is 2.06. The highest BCUT2D eigenvalue weighted by molar-refractivity contribution is 7.88. The normalized spacial score (nSPS) is 10.5. The summed E-state index contributed by atoms with van der Waals surface area (Å²) in [6.07, 6.45) is 1.05. The Bertz CT molecular complexity index is 506. The molecule has 9 heteroatoms. The Hall–Kier alpha value is -1.38. The quantitative estimate of drug-likeness (QED) is 0.625. The molecule has 1 rings (SSSR count). The van der Waals surface area contributed by atoms with Crippen molar-refractivity contribution < 1.29 is 13.2 Å². The van der Waals surface area contributed by atoms with Crippen LogP contribution in [0.25, 0.3) is 0 Å². The minimum atomic E-state index is -3.23. The zero-order valence-electron chi connectivity index (χ0n) is 9.71. The van der Waals surface area contributed by atoms with Gasteiger partial charge in [0.2, 0.25) is 10.0 Å². The van der Waals surface area contributed by atoms with E-state index in [0.717, 1.165) is 6.26 Å². The van der Waals surface area contributed by atoms with Crippen LogP contribution in [-0.4, -0.2) is 38.7 Å². The average molecular weight is 295 g/mol. The van der Waals surface area contributed by atoms with Crippen molar-refractivity contribution in [3.8, 4) is 0 Å². The summed E-state index contributed by atoms with van der Waals surface area (Å²) < 4.78 is 23.7. The Balaban J connectivity index is 0.00000289. The summed E-state index contributed by atoms with van der Waals surface area (Å²) in [4.78, 5) is 15.3. The minimum Gasteiger partial charge on any atom is -0.384 e. The molecule has 7 nitrogen and oxygen atoms in total. The van der Waals surface area contributed by atoms with E-state index in [1.54, 1.807) is 12.1 Å². The van der Waals surface area contributed by atoms with E-state index in [2.05, 4.69) is 15.0 Å². The molecule has 0 aliphatic carbocycles. The van der Waals surface area contributed by atoms with Gasteiger partial charge in [0.25, 0.3) is 5.91 Å². The number of anilines is 1. The Kier molecular flexibility index (Phi) is 6.60. The molecule has 0 radical (unpaired) electrons. The molecule has 0 fully saturated rings. The Morgan fingerprint density at radius 3 is 2.61 bits per heavy atom. The summed E-state index contributed by atoms with van der Waals surface area (Å²) in [5, 5.41) is 2.51. The number of nitrogens with one attached hydrogen (secondary N) is 2. The van der Waals surface area contributed by atoms with E-state index < -0.39 is 15.9 Å². The van der Waals surface area contributed by atoms with Crippen LogP contribution in [0.15, 0.2) is 18.2 Å². The van der Waals surface area contributed by atoms with Crippen molar-refractivity contribution in [1.29, 1.82) is 0 Å². The van der Waals surface area contributed by atoms with Crippen molar-refractivity contribution in [1.82, 2.24) is 15.0 Å². The molecule has 0 spiro atoms. The number of pyridine rings is 1. The van der Waals surface area contributed by atoms with Crippen LogP contribution < -0.4 is 15.8 Å². The van der Waals surface area contributed by atoms with Gasteiger partial charge in [-0.05, 0) is 12.1 Å². The maximum atomic E-state index is 11.5. The largest absolute Gasteiger partial charge is 0.384 e. The maximum absolute atomic E-state index is 11.5. The van der Waals surface area contributed by atoms with E-state index in [1.807, 2.05) is 0 Å². The van der Waals surface area contributed by atoms with E-state index in [9.17, 15) is 13.2 Å². The first kappa shape index (κ1) is 16.6. The first-order valence-corrected chi connectivity index (χ1v) is 6.73. The molecule has 0 saturated heterocycles. The van der Waals surface area contributed by atoms with Gasteiger partial charge in [-0.25, -0.2) is 18.1 Å². The third kappa shape index (κ3) is 6.38. The molecular formula is C9H15ClN4O3S. The fourth-order valence-corrected chi connectivity index (χ4v) is 1.55. The molecular weight excluding hydrogens is 280 g/mol. The standard InChI is InChI=1S/C9H14N4O3S.ClH/c1-17(15,16)12-6-5-11-9(14)7-3-2-4-8(10)13-7;/h2-4,12H,5-6H2,1H3,(H2,10,13)(H,11,14);1H. The van der Waals surface area contributed by atoms with Gasteiger partial charge in [0.1, 0.15) is 11.5 Å². The molecule has 0 atom stereocenters. The molecule has 4 N–H and O–H groups in total. The van der Waals surface area contributed by atoms with Crippen LogP contribution in [0.5, 0.6) is 0 Å². The number of nitrogens with two attached hydrogens (primary N) is 1. The summed E-state index contributed by atoms with van der Waals surface area (Å²) in [5.41, 5.74) is 5.62. The fraction of sp³-hybridized carbons (Fsp3) is 0.333. The van der Waals surface area contributed by atoms with Crippen LogP contribution >= 0.6 is 12.4 Å². The summed E-state index contributed by atoms with van der Waals surface area (Å²) in [6, 6.07) is 4.71. The van der Waals surface area contributed by atoms with Crippen molar-refractivity contribution in [2.75, 3.05) is 25.1 Å². The number of rotatable bonds is 5. The van der Waals surface area contributed by atoms with Crippen LogP contribution in [0.2, 0.25) is 0 Å². The molecule has 0 aliphatic rings. The fourth-order valence-electron chi connectivity index (χ4n) is 1.08. The van der Waals surface area contributed by atoms with Crippen molar-refractivity contribution in [2.24, 2.45) is 0 Å². The molecule has 18 heavy (non-hydrogen) atoms. The van der Waals surface area contributed by atoms with Crippen LogP contribution in [0.3, 0.4) is 0 Å². The molecule has 1 aromatic rings. The average Bonchev–Trinajstić information content (AvgIpc) is 2.23. The summed E-state index contributed by atoms with van der Waals surface area (Å²) >= 11 is 0. The van der Waals surface area contributed by atoms with E-state index >= 15 is 0 Å². The predicted molar refractivity (Wildman–Crippen MR) is 71.1 cm³/mol. The predicted octanol–water partition coefficient (Wildman–Crippen LogP) is -0.635. The van der Waals surface area contributed by atoms with E-state index in [-0.39, 0.29) is 37.0 Å². The van der Waals surface area contributed by atoms with E-state index in [4.69, 9.17) is 5.73 Å². The number of carbonyl (C=O) groups excluding carboxylic acids is 1. The number of sulfonamides is 1. The van der Waals surface area contributed by atoms with Crippen LogP contribution in [0, 0.1) is 0 Å². The van der Waals surface area contributed by atoms with Crippen molar-refractivity contribution in [3.63, 3.8) is 0 Å². The first-order chi connectivity index (χ1) is 7.88. The van der Waals surface area contributed by atoms with Crippen molar-refractivity contribution in [3.05, 3.63) is 23.9 Å². The number of hydrogen-bond donors (Lipinski definition) is 3. The van der Waals surface area contributed by atoms with E-state index in [1.165, 1.54) is 6.07 Å². The van der Waals surface area contributed by atoms with Gasteiger partial charge in [0.05, 0.1) is 6.26 Å². The third-order valence-corrected chi connectivity index (χ3v) is 2.51. The van der Waals surface area contributed by atoms with Crippen LogP contribution in [0.4, 0.5) is 5.82 Å². The van der Waals surface area contributed by atoms with Gasteiger partial charge in [0.15, 0.2) is 0 Å². The molecule has 0 saturated carbocycles. The Labute approximate surface area is 112 Å². The SMILES string of the molecule is CS(=O)(=O)NCCNC(=O)c1cccc(N)n1.Cl. The number of nitrogens with zero attached hydrogens (tertiary/aromatic N) is 1. The van der Waals surface area contributed by atoms with Gasteiger partial charge >= 0.3 is 0 Å². The molecule has 102 valence electrons. The lowest BCUT2D eigenvalue weighted by atomic mass is 10.3. The smallest absolute Gasteiger partial charge is 0.270 e. The van der Waals surface area contributed by atoms with Crippen LogP contribution in [0.1, 0.15) is 10.5 Å². The second kappa shape index (κ2) is 7.14. The minimum absolute atomic E-state index is 0. The number of carbonyl (C=O) groups is 1. The maximum Gasteiger partial charge on any atom is 0.270 e. The summed E-state index contributed by atoms with van der Waals surface area (Å²) in [5.74, 6) is -0.139. The highest BCUT2D eigenvalue weighted by atomic mass is 35.5. The lowest BCUT2D eigenvalue weighted by Gasteiger charge is -2.05. The van der Waals surface area contributed by atoms with Gasteiger partial charge in [-0.2, -0.15) is 0 Å². The molecule has 0 unspecified atom stereocenters. The molecule has 1 amide bonds. The molecule has 1 aromatic heterocycles. The van der Waals surface area contributed by atoms with Crippen molar-refractivity contribution >= 4 is 34.2 Å². The number of aromatic nitrogens is 1. The van der Waals surface area contributed by atoms with Gasteiger partial charge in [0, 0.05) is 13.1 Å². The lowest BCUT2D eigenvalue weighted by Crippen LogP contribution is -2.34. The molecule has 1 heterocycles. The van der Waals surface area contributed by atoms with E-state index in [0.29, 0.717) is 0 Å². The zero-order valence-corrected chi connectivity index (χ0v) is 11.3. The summed E-state index contributed by atoms with van der Waals surface area (Å²) in [7, 11) is -3.23. The zero-order chi connectivity index (χ0) is 12.9. The second-order valence-corrected chi connectivity index (χ2v) is 5.20. The number of nitrogen functional groups attached to an aromatic ring is 1. The molecule has 0 aliphatic heterocycles. The Morgan fingerprint density at radius 2 is 2.06 bits per heavy atom. The number of amides is 1. The van der Waals surface area contributed by atoms with Gasteiger partial charge in [-0.1, -0.05) is 6.07 Å². The lowest BCUT2D eigenvalue weighted by molar-refractivity contribution is 0.0949. The van der Waals surface area contributed by atoms with Gasteiger partial charge in [-0.15, -0.1) is 12.4 Å². The second-order valence-electron chi connectivity index (χ2n) is 3.37. The van der Waals surface area contributed by atoms with Gasteiger partial charge < -0.3 is 11.1 Å². The molecule has 0 aromatic carbocycles. The molecule has 0 bridgehead atoms.